The summed E-state index contributed by atoms with van der Waals surface area (Å²) >= 11 is 9.85. The molecular formula is C28H22BrClFN5O3. The molecule has 8 nitrogen and oxygen atoms in total. The number of amides is 2. The van der Waals surface area contributed by atoms with Gasteiger partial charge >= 0.3 is 6.03 Å². The monoisotopic (exact) mass is 609 g/mol. The molecule has 39 heavy (non-hydrogen) atoms. The molecule has 2 heterocycles. The van der Waals surface area contributed by atoms with Gasteiger partial charge in [0.25, 0.3) is 5.56 Å². The van der Waals surface area contributed by atoms with E-state index in [-0.39, 0.29) is 17.4 Å². The van der Waals surface area contributed by atoms with E-state index in [4.69, 9.17) is 11.6 Å². The normalized spacial score (nSPS) is 11.9. The van der Waals surface area contributed by atoms with Gasteiger partial charge in [-0.3, -0.25) is 4.79 Å². The van der Waals surface area contributed by atoms with Crippen LogP contribution in [-0.2, 0) is 13.0 Å². The van der Waals surface area contributed by atoms with Gasteiger partial charge in [-0.25, -0.2) is 14.2 Å². The van der Waals surface area contributed by atoms with Crippen LogP contribution >= 0.6 is 27.5 Å². The van der Waals surface area contributed by atoms with E-state index in [1.54, 1.807) is 30.3 Å². The molecule has 0 fully saturated rings. The van der Waals surface area contributed by atoms with Crippen molar-refractivity contribution in [3.63, 3.8) is 0 Å². The minimum absolute atomic E-state index is 0.0119. The highest BCUT2D eigenvalue weighted by atomic mass is 79.9. The molecule has 5 rings (SSSR count). The Hall–Kier alpha value is -4.15. The number of H-pyrrole nitrogens is 2. The van der Waals surface area contributed by atoms with Crippen LogP contribution in [0.25, 0.3) is 22.2 Å². The lowest BCUT2D eigenvalue weighted by atomic mass is 10.1. The van der Waals surface area contributed by atoms with E-state index in [1.807, 2.05) is 30.3 Å². The minimum Gasteiger partial charge on any atom is -0.507 e. The number of rotatable bonds is 7. The number of aromatic nitrogens is 3. The number of nitrogens with zero attached hydrogens (tertiary/aromatic N) is 1. The van der Waals surface area contributed by atoms with Gasteiger partial charge in [0, 0.05) is 33.6 Å². The predicted octanol–water partition coefficient (Wildman–Crippen LogP) is 5.96. The van der Waals surface area contributed by atoms with Crippen molar-refractivity contribution in [3.8, 4) is 17.0 Å². The molecule has 5 N–H and O–H groups in total. The first-order chi connectivity index (χ1) is 18.8. The van der Waals surface area contributed by atoms with Crippen molar-refractivity contribution in [1.29, 1.82) is 0 Å². The summed E-state index contributed by atoms with van der Waals surface area (Å²) in [6.45, 7) is -0.0119. The molecule has 11 heteroatoms. The average molecular weight is 611 g/mol. The predicted molar refractivity (Wildman–Crippen MR) is 151 cm³/mol. The molecule has 0 aliphatic carbocycles. The number of carbonyl (C=O) groups is 1. The molecule has 2 aromatic heterocycles. The molecule has 198 valence electrons. The number of pyridine rings is 1. The molecule has 0 radical (unpaired) electrons. The van der Waals surface area contributed by atoms with Crippen LogP contribution < -0.4 is 16.2 Å². The van der Waals surface area contributed by atoms with Crippen LogP contribution in [0.3, 0.4) is 0 Å². The molecule has 3 aromatic carbocycles. The van der Waals surface area contributed by atoms with Crippen molar-refractivity contribution >= 4 is 44.5 Å². The van der Waals surface area contributed by atoms with Crippen LogP contribution in [-0.4, -0.2) is 26.1 Å². The molecule has 0 spiro atoms. The third kappa shape index (κ3) is 6.13. The zero-order chi connectivity index (χ0) is 27.5. The number of urea groups is 1. The standard InChI is InChI=1S/C28H22BrClFN5O3/c29-18-7-8-20(31)17(11-18)14-32-28(39)34-22(10-15-4-2-1-3-5-15)27-35-25(26(30)36-27)16-6-9-21-19(12-16)23(37)13-24(38)33-21/h1-9,11-13,22H,10,14H2,(H,35,36)(H2,32,34,39)(H2,33,37,38). The number of hydrogen-bond donors (Lipinski definition) is 5. The minimum atomic E-state index is -0.601. The molecule has 1 atom stereocenters. The van der Waals surface area contributed by atoms with Crippen molar-refractivity contribution in [1.82, 2.24) is 25.6 Å². The molecule has 0 bridgehead atoms. The fourth-order valence-corrected chi connectivity index (χ4v) is 4.89. The van der Waals surface area contributed by atoms with Crippen molar-refractivity contribution < 1.29 is 14.3 Å². The first-order valence-corrected chi connectivity index (χ1v) is 13.1. The maximum atomic E-state index is 14.1. The van der Waals surface area contributed by atoms with E-state index in [9.17, 15) is 19.1 Å². The highest BCUT2D eigenvalue weighted by Gasteiger charge is 2.22. The Morgan fingerprint density at radius 2 is 1.87 bits per heavy atom. The summed E-state index contributed by atoms with van der Waals surface area (Å²) in [5, 5.41) is 16.5. The van der Waals surface area contributed by atoms with Crippen molar-refractivity contribution in [2.45, 2.75) is 19.0 Å². The van der Waals surface area contributed by atoms with Crippen LogP contribution in [0.15, 0.2) is 82.1 Å². The maximum Gasteiger partial charge on any atom is 0.315 e. The Bertz CT molecular complexity index is 1720. The Balaban J connectivity index is 1.42. The number of imidazole rings is 1. The fourth-order valence-electron chi connectivity index (χ4n) is 4.24. The maximum absolute atomic E-state index is 14.1. The SMILES string of the molecule is O=C(NCc1cc(Br)ccc1F)NC(Cc1ccccc1)c1nc(-c2ccc3[nH]c(=O)cc(O)c3c2)c(Cl)[nH]1. The van der Waals surface area contributed by atoms with Gasteiger partial charge in [0.1, 0.15) is 28.2 Å². The fraction of sp³-hybridized carbons (Fsp3) is 0.107. The third-order valence-corrected chi connectivity index (χ3v) is 6.90. The smallest absolute Gasteiger partial charge is 0.315 e. The largest absolute Gasteiger partial charge is 0.507 e. The van der Waals surface area contributed by atoms with Gasteiger partial charge in [0.15, 0.2) is 0 Å². The lowest BCUT2D eigenvalue weighted by Gasteiger charge is -2.18. The first-order valence-electron chi connectivity index (χ1n) is 11.9. The number of carbonyl (C=O) groups excluding carboxylic acids is 1. The van der Waals surface area contributed by atoms with E-state index in [0.717, 1.165) is 11.6 Å². The molecule has 0 aliphatic rings. The summed E-state index contributed by atoms with van der Waals surface area (Å²) in [6, 6.07) is 19.1. The van der Waals surface area contributed by atoms with Gasteiger partial charge in [-0.05, 0) is 42.3 Å². The van der Waals surface area contributed by atoms with Gasteiger partial charge < -0.3 is 25.7 Å². The summed E-state index contributed by atoms with van der Waals surface area (Å²) < 4.78 is 14.8. The van der Waals surface area contributed by atoms with Gasteiger partial charge in [0.05, 0.1) is 11.6 Å². The van der Waals surface area contributed by atoms with Gasteiger partial charge in [-0.1, -0.05) is 63.9 Å². The van der Waals surface area contributed by atoms with Crippen molar-refractivity contribution in [3.05, 3.63) is 116 Å². The highest BCUT2D eigenvalue weighted by Crippen LogP contribution is 2.32. The summed E-state index contributed by atoms with van der Waals surface area (Å²) in [4.78, 5) is 34.9. The van der Waals surface area contributed by atoms with Crippen molar-refractivity contribution in [2.75, 3.05) is 0 Å². The van der Waals surface area contributed by atoms with Crippen molar-refractivity contribution in [2.24, 2.45) is 0 Å². The quantitative estimate of drug-likeness (QED) is 0.156. The Morgan fingerprint density at radius 3 is 2.67 bits per heavy atom. The number of aromatic amines is 2. The van der Waals surface area contributed by atoms with Crippen LogP contribution in [0, 0.1) is 5.82 Å². The zero-order valence-corrected chi connectivity index (χ0v) is 22.6. The number of halogens is 3. The van der Waals surface area contributed by atoms with Crippen LogP contribution in [0.5, 0.6) is 5.75 Å². The van der Waals surface area contributed by atoms with Crippen LogP contribution in [0.4, 0.5) is 9.18 Å². The molecule has 0 aliphatic heterocycles. The van der Waals surface area contributed by atoms with Crippen LogP contribution in [0.1, 0.15) is 23.0 Å². The third-order valence-electron chi connectivity index (χ3n) is 6.14. The number of fused-ring (bicyclic) bond motifs is 1. The molecule has 0 saturated heterocycles. The number of nitrogens with one attached hydrogen (secondary N) is 4. The number of hydrogen-bond acceptors (Lipinski definition) is 4. The Labute approximate surface area is 235 Å². The molecule has 0 saturated carbocycles. The summed E-state index contributed by atoms with van der Waals surface area (Å²) in [6.07, 6.45) is 0.405. The molecular weight excluding hydrogens is 589 g/mol. The number of aromatic hydroxyl groups is 1. The Morgan fingerprint density at radius 1 is 1.08 bits per heavy atom. The van der Waals surface area contributed by atoms with Gasteiger partial charge in [-0.2, -0.15) is 0 Å². The second kappa shape index (κ2) is 11.3. The van der Waals surface area contributed by atoms with Crippen LogP contribution in [0.2, 0.25) is 5.15 Å². The lowest BCUT2D eigenvalue weighted by molar-refractivity contribution is 0.236. The van der Waals surface area contributed by atoms with E-state index >= 15 is 0 Å². The summed E-state index contributed by atoms with van der Waals surface area (Å²) in [5.74, 6) is -0.176. The van der Waals surface area contributed by atoms with Gasteiger partial charge in [-0.15, -0.1) is 0 Å². The number of benzene rings is 3. The van der Waals surface area contributed by atoms with E-state index in [1.165, 1.54) is 6.07 Å². The lowest BCUT2D eigenvalue weighted by Crippen LogP contribution is -2.39. The first kappa shape index (κ1) is 26.5. The highest BCUT2D eigenvalue weighted by molar-refractivity contribution is 9.10. The average Bonchev–Trinajstić information content (AvgIpc) is 3.30. The summed E-state index contributed by atoms with van der Waals surface area (Å²) in [5.41, 5.74) is 2.36. The molecule has 2 amide bonds. The second-order valence-corrected chi connectivity index (χ2v) is 10.2. The second-order valence-electron chi connectivity index (χ2n) is 8.87. The van der Waals surface area contributed by atoms with E-state index in [0.29, 0.717) is 44.4 Å². The molecule has 1 unspecified atom stereocenters. The van der Waals surface area contributed by atoms with E-state index in [2.05, 4.69) is 41.5 Å². The Kier molecular flexibility index (Phi) is 7.67. The van der Waals surface area contributed by atoms with Gasteiger partial charge in [0.2, 0.25) is 0 Å². The van der Waals surface area contributed by atoms with E-state index < -0.39 is 23.4 Å². The zero-order valence-electron chi connectivity index (χ0n) is 20.3. The summed E-state index contributed by atoms with van der Waals surface area (Å²) in [7, 11) is 0. The topological polar surface area (TPSA) is 123 Å². The molecule has 5 aromatic rings.